The molecule has 0 aliphatic heterocycles. The lowest BCUT2D eigenvalue weighted by atomic mass is 10.3. The number of rotatable bonds is 3. The largest absolute Gasteiger partial charge is 0.162 e. The van der Waals surface area contributed by atoms with Crippen molar-refractivity contribution in [3.05, 3.63) is 30.3 Å². The number of benzene rings is 1. The van der Waals surface area contributed by atoms with Crippen molar-refractivity contribution in [2.45, 2.75) is 39.3 Å². The van der Waals surface area contributed by atoms with Gasteiger partial charge < -0.3 is 0 Å². The minimum Gasteiger partial charge on any atom is -0.126 e. The molecule has 0 aliphatic carbocycles. The number of unbranched alkanes of at least 4 members (excludes halogenated alkanes) is 2. The van der Waals surface area contributed by atoms with E-state index in [0.29, 0.717) is 0 Å². The molecular weight excluding hydrogens is 196 g/mol. The third-order valence-corrected chi connectivity index (χ3v) is 5.13. The zero-order valence-electron chi connectivity index (χ0n) is 10.0. The van der Waals surface area contributed by atoms with Crippen molar-refractivity contribution in [2.24, 2.45) is 0 Å². The number of hydrogen-bond acceptors (Lipinski definition) is 0. The summed E-state index contributed by atoms with van der Waals surface area (Å²) < 4.78 is 0. The lowest BCUT2D eigenvalue weighted by Crippen LogP contribution is -2.39. The van der Waals surface area contributed by atoms with E-state index >= 15 is 0 Å². The molecule has 0 N–H and O–H groups in total. The van der Waals surface area contributed by atoms with Gasteiger partial charge in [-0.3, -0.25) is 0 Å². The molecule has 0 saturated heterocycles. The summed E-state index contributed by atoms with van der Waals surface area (Å²) in [6.07, 6.45) is 3.52. The van der Waals surface area contributed by atoms with Crippen LogP contribution >= 0.6 is 0 Å². The van der Waals surface area contributed by atoms with Gasteiger partial charge in [0.05, 0.1) is 0 Å². The van der Waals surface area contributed by atoms with Crippen LogP contribution in [0.5, 0.6) is 0 Å². The van der Waals surface area contributed by atoms with Crippen molar-refractivity contribution < 1.29 is 0 Å². The average Bonchev–Trinajstić information content (AvgIpc) is 2.26. The van der Waals surface area contributed by atoms with E-state index < -0.39 is 8.07 Å². The van der Waals surface area contributed by atoms with Crippen LogP contribution in [0.1, 0.15) is 26.2 Å². The normalized spacial score (nSPS) is 10.6. The lowest BCUT2D eigenvalue weighted by molar-refractivity contribution is 0.828. The molecule has 0 atom stereocenters. The summed E-state index contributed by atoms with van der Waals surface area (Å²) >= 11 is 0. The van der Waals surface area contributed by atoms with Gasteiger partial charge in [-0.1, -0.05) is 56.8 Å². The van der Waals surface area contributed by atoms with Crippen molar-refractivity contribution in [1.29, 1.82) is 0 Å². The highest BCUT2D eigenvalue weighted by molar-refractivity contribution is 6.96. The maximum Gasteiger partial charge on any atom is 0.162 e. The average molecular weight is 216 g/mol. The van der Waals surface area contributed by atoms with Crippen molar-refractivity contribution in [2.75, 3.05) is 0 Å². The fourth-order valence-corrected chi connectivity index (χ4v) is 3.21. The Morgan fingerprint density at radius 1 is 1.13 bits per heavy atom. The van der Waals surface area contributed by atoms with E-state index in [1.165, 1.54) is 18.0 Å². The molecule has 0 amide bonds. The Bertz CT molecular complexity index is 341. The molecule has 0 spiro atoms. The van der Waals surface area contributed by atoms with Gasteiger partial charge in [0.25, 0.3) is 0 Å². The van der Waals surface area contributed by atoms with Gasteiger partial charge in [-0.2, -0.15) is 0 Å². The molecular formula is C14H20Si. The Kier molecular flexibility index (Phi) is 4.65. The van der Waals surface area contributed by atoms with Crippen LogP contribution in [-0.2, 0) is 0 Å². The highest BCUT2D eigenvalue weighted by Gasteiger charge is 2.19. The van der Waals surface area contributed by atoms with Gasteiger partial charge in [0.2, 0.25) is 0 Å². The van der Waals surface area contributed by atoms with Crippen LogP contribution in [0.25, 0.3) is 0 Å². The SMILES string of the molecule is CCCCC#C[Si](C)(C)c1ccccc1. The van der Waals surface area contributed by atoms with Gasteiger partial charge in [0.15, 0.2) is 8.07 Å². The minimum absolute atomic E-state index is 1.06. The molecule has 0 aliphatic rings. The first-order valence-electron chi connectivity index (χ1n) is 5.72. The molecule has 1 aromatic carbocycles. The van der Waals surface area contributed by atoms with Crippen LogP contribution < -0.4 is 5.19 Å². The summed E-state index contributed by atoms with van der Waals surface area (Å²) in [7, 11) is -1.49. The van der Waals surface area contributed by atoms with Crippen molar-refractivity contribution >= 4 is 13.3 Å². The van der Waals surface area contributed by atoms with Crippen LogP contribution in [0.4, 0.5) is 0 Å². The lowest BCUT2D eigenvalue weighted by Gasteiger charge is -2.14. The summed E-state index contributed by atoms with van der Waals surface area (Å²) in [5.41, 5.74) is 3.50. The molecule has 1 aromatic rings. The Hall–Kier alpha value is -1.00. The van der Waals surface area contributed by atoms with E-state index in [2.05, 4.69) is 61.8 Å². The van der Waals surface area contributed by atoms with Gasteiger partial charge in [-0.25, -0.2) is 0 Å². The molecule has 0 unspecified atom stereocenters. The molecule has 0 fully saturated rings. The maximum absolute atomic E-state index is 3.50. The van der Waals surface area contributed by atoms with Crippen LogP contribution in [0.3, 0.4) is 0 Å². The summed E-state index contributed by atoms with van der Waals surface area (Å²) in [4.78, 5) is 0. The fraction of sp³-hybridized carbons (Fsp3) is 0.429. The van der Waals surface area contributed by atoms with Gasteiger partial charge in [-0.15, -0.1) is 11.5 Å². The second kappa shape index (κ2) is 5.78. The Morgan fingerprint density at radius 3 is 2.40 bits per heavy atom. The standard InChI is InChI=1S/C14H20Si/c1-4-5-6-10-13-15(2,3)14-11-8-7-9-12-14/h7-9,11-12H,4-6H2,1-3H3. The first-order chi connectivity index (χ1) is 7.17. The van der Waals surface area contributed by atoms with E-state index in [9.17, 15) is 0 Å². The molecule has 1 heteroatoms. The van der Waals surface area contributed by atoms with Gasteiger partial charge >= 0.3 is 0 Å². The molecule has 0 saturated carbocycles. The molecule has 0 bridgehead atoms. The van der Waals surface area contributed by atoms with Gasteiger partial charge in [0.1, 0.15) is 0 Å². The predicted molar refractivity (Wildman–Crippen MR) is 70.9 cm³/mol. The Labute approximate surface area is 94.7 Å². The summed E-state index contributed by atoms with van der Waals surface area (Å²) in [5, 5.41) is 1.44. The molecule has 0 aromatic heterocycles. The first-order valence-corrected chi connectivity index (χ1v) is 8.72. The van der Waals surface area contributed by atoms with E-state index in [4.69, 9.17) is 0 Å². The summed E-state index contributed by atoms with van der Waals surface area (Å²) in [5.74, 6) is 3.34. The van der Waals surface area contributed by atoms with Crippen molar-refractivity contribution in [1.82, 2.24) is 0 Å². The Balaban J connectivity index is 2.69. The second-order valence-corrected chi connectivity index (χ2v) is 8.47. The predicted octanol–water partition coefficient (Wildman–Crippen LogP) is 3.33. The van der Waals surface area contributed by atoms with Crippen molar-refractivity contribution in [3.8, 4) is 11.5 Å². The Morgan fingerprint density at radius 2 is 1.80 bits per heavy atom. The maximum atomic E-state index is 3.50. The third-order valence-electron chi connectivity index (χ3n) is 2.55. The molecule has 15 heavy (non-hydrogen) atoms. The van der Waals surface area contributed by atoms with Crippen LogP contribution in [-0.4, -0.2) is 8.07 Å². The summed E-state index contributed by atoms with van der Waals surface area (Å²) in [6, 6.07) is 10.7. The van der Waals surface area contributed by atoms with Crippen LogP contribution in [0.15, 0.2) is 30.3 Å². The quantitative estimate of drug-likeness (QED) is 0.413. The molecule has 0 heterocycles. The summed E-state index contributed by atoms with van der Waals surface area (Å²) in [6.45, 7) is 6.85. The first kappa shape index (κ1) is 12.1. The van der Waals surface area contributed by atoms with Crippen molar-refractivity contribution in [3.63, 3.8) is 0 Å². The van der Waals surface area contributed by atoms with Crippen LogP contribution in [0.2, 0.25) is 13.1 Å². The van der Waals surface area contributed by atoms with E-state index in [1.54, 1.807) is 0 Å². The molecule has 0 nitrogen and oxygen atoms in total. The minimum atomic E-state index is -1.49. The van der Waals surface area contributed by atoms with Crippen LogP contribution in [0, 0.1) is 11.5 Å². The second-order valence-electron chi connectivity index (χ2n) is 4.40. The van der Waals surface area contributed by atoms with Gasteiger partial charge in [0, 0.05) is 6.42 Å². The van der Waals surface area contributed by atoms with E-state index in [1.807, 2.05) is 0 Å². The molecule has 1 rings (SSSR count). The zero-order chi connectivity index (χ0) is 11.1. The van der Waals surface area contributed by atoms with E-state index in [-0.39, 0.29) is 0 Å². The monoisotopic (exact) mass is 216 g/mol. The fourth-order valence-electron chi connectivity index (χ4n) is 1.48. The topological polar surface area (TPSA) is 0 Å². The zero-order valence-corrected chi connectivity index (χ0v) is 11.0. The highest BCUT2D eigenvalue weighted by atomic mass is 28.3. The molecule has 80 valence electrons. The van der Waals surface area contributed by atoms with Gasteiger partial charge in [-0.05, 0) is 11.6 Å². The number of hydrogen-bond donors (Lipinski definition) is 0. The smallest absolute Gasteiger partial charge is 0.126 e. The molecule has 0 radical (unpaired) electrons. The highest BCUT2D eigenvalue weighted by Crippen LogP contribution is 2.02. The third kappa shape index (κ3) is 3.93. The van der Waals surface area contributed by atoms with E-state index in [0.717, 1.165) is 6.42 Å².